The monoisotopic (exact) mass is 477 g/mol. The summed E-state index contributed by atoms with van der Waals surface area (Å²) in [5, 5.41) is 10.5. The van der Waals surface area contributed by atoms with Crippen molar-refractivity contribution in [1.29, 1.82) is 0 Å². The zero-order valence-corrected chi connectivity index (χ0v) is 18.9. The molecule has 3 rings (SSSR count). The largest absolute Gasteiger partial charge is 0.461 e. The standard InChI is InChI=1S/C26H27F4NO3/c1-18(2)24(32)17-31(16-19-8-6-13-23(14-19)34-26(29,30)25(27)28)20-9-7-12-22(15-20)33-21-10-4-3-5-11-21/h3-15,18,24-25,32H,16-17H2,1-2H3. The van der Waals surface area contributed by atoms with Gasteiger partial charge in [-0.05, 0) is 47.9 Å². The van der Waals surface area contributed by atoms with Gasteiger partial charge in [0.15, 0.2) is 0 Å². The van der Waals surface area contributed by atoms with E-state index in [-0.39, 0.29) is 24.8 Å². The minimum Gasteiger partial charge on any atom is -0.457 e. The molecule has 1 N–H and O–H groups in total. The van der Waals surface area contributed by atoms with E-state index in [0.717, 1.165) is 5.69 Å². The van der Waals surface area contributed by atoms with Crippen LogP contribution in [0, 0.1) is 5.92 Å². The molecule has 34 heavy (non-hydrogen) atoms. The number of halogens is 4. The quantitative estimate of drug-likeness (QED) is 0.311. The summed E-state index contributed by atoms with van der Waals surface area (Å²) in [6.45, 7) is 4.25. The van der Waals surface area contributed by atoms with Gasteiger partial charge in [0.1, 0.15) is 17.2 Å². The van der Waals surface area contributed by atoms with Gasteiger partial charge in [-0.1, -0.05) is 50.2 Å². The smallest absolute Gasteiger partial charge is 0.457 e. The van der Waals surface area contributed by atoms with Gasteiger partial charge in [-0.3, -0.25) is 0 Å². The lowest BCUT2D eigenvalue weighted by molar-refractivity contribution is -0.253. The Hall–Kier alpha value is -3.26. The molecule has 0 amide bonds. The lowest BCUT2D eigenvalue weighted by Gasteiger charge is -2.29. The van der Waals surface area contributed by atoms with Crippen LogP contribution in [0.4, 0.5) is 23.2 Å². The molecular formula is C26H27F4NO3. The molecule has 0 radical (unpaired) electrons. The predicted molar refractivity (Wildman–Crippen MR) is 123 cm³/mol. The summed E-state index contributed by atoms with van der Waals surface area (Å²) in [6, 6.07) is 22.1. The SMILES string of the molecule is CC(C)C(O)CN(Cc1cccc(OC(F)(F)C(F)F)c1)c1cccc(Oc2ccccc2)c1. The van der Waals surface area contributed by atoms with Gasteiger partial charge < -0.3 is 19.5 Å². The summed E-state index contributed by atoms with van der Waals surface area (Å²) in [5.41, 5.74) is 1.28. The molecule has 0 spiro atoms. The number of alkyl halides is 4. The van der Waals surface area contributed by atoms with Crippen LogP contribution in [-0.4, -0.2) is 30.3 Å². The molecule has 1 unspecified atom stereocenters. The molecule has 0 fully saturated rings. The molecule has 0 aromatic heterocycles. The highest BCUT2D eigenvalue weighted by molar-refractivity contribution is 5.52. The van der Waals surface area contributed by atoms with Crippen molar-refractivity contribution in [1.82, 2.24) is 0 Å². The van der Waals surface area contributed by atoms with Crippen molar-refractivity contribution in [2.24, 2.45) is 5.92 Å². The van der Waals surface area contributed by atoms with Crippen molar-refractivity contribution >= 4 is 5.69 Å². The second-order valence-corrected chi connectivity index (χ2v) is 8.22. The minimum atomic E-state index is -4.59. The highest BCUT2D eigenvalue weighted by Crippen LogP contribution is 2.30. The normalized spacial score (nSPS) is 12.6. The van der Waals surface area contributed by atoms with Crippen molar-refractivity contribution < 1.29 is 32.1 Å². The molecule has 0 saturated heterocycles. The second-order valence-electron chi connectivity index (χ2n) is 8.22. The number of nitrogens with zero attached hydrogens (tertiary/aromatic N) is 1. The Labute approximate surface area is 196 Å². The van der Waals surface area contributed by atoms with E-state index in [9.17, 15) is 22.7 Å². The molecule has 1 atom stereocenters. The fraction of sp³-hybridized carbons (Fsp3) is 0.308. The number of benzene rings is 3. The zero-order valence-electron chi connectivity index (χ0n) is 18.9. The van der Waals surface area contributed by atoms with Crippen molar-refractivity contribution in [3.05, 3.63) is 84.4 Å². The first-order chi connectivity index (χ1) is 16.1. The molecule has 0 aliphatic heterocycles. The molecule has 0 aliphatic rings. The molecule has 4 nitrogen and oxygen atoms in total. The molecule has 0 saturated carbocycles. The summed E-state index contributed by atoms with van der Waals surface area (Å²) in [5.74, 6) is 0.860. The van der Waals surface area contributed by atoms with E-state index in [1.54, 1.807) is 12.1 Å². The van der Waals surface area contributed by atoms with Gasteiger partial charge >= 0.3 is 12.5 Å². The van der Waals surface area contributed by atoms with Crippen LogP contribution in [0.15, 0.2) is 78.9 Å². The van der Waals surface area contributed by atoms with Crippen molar-refractivity contribution in [3.8, 4) is 17.2 Å². The third-order valence-electron chi connectivity index (χ3n) is 5.12. The Morgan fingerprint density at radius 1 is 0.853 bits per heavy atom. The topological polar surface area (TPSA) is 41.9 Å². The summed E-state index contributed by atoms with van der Waals surface area (Å²) in [4.78, 5) is 1.87. The number of hydrogen-bond acceptors (Lipinski definition) is 4. The highest BCUT2D eigenvalue weighted by atomic mass is 19.3. The van der Waals surface area contributed by atoms with E-state index >= 15 is 0 Å². The molecule has 3 aromatic rings. The van der Waals surface area contributed by atoms with E-state index in [4.69, 9.17) is 4.74 Å². The fourth-order valence-corrected chi connectivity index (χ4v) is 3.20. The fourth-order valence-electron chi connectivity index (χ4n) is 3.20. The highest BCUT2D eigenvalue weighted by Gasteiger charge is 2.44. The maximum Gasteiger partial charge on any atom is 0.461 e. The number of hydrogen-bond donors (Lipinski definition) is 1. The first-order valence-electron chi connectivity index (χ1n) is 10.8. The first-order valence-corrected chi connectivity index (χ1v) is 10.8. The lowest BCUT2D eigenvalue weighted by Crippen LogP contribution is -2.35. The number of aliphatic hydroxyl groups excluding tert-OH is 1. The van der Waals surface area contributed by atoms with E-state index in [0.29, 0.717) is 17.1 Å². The average Bonchev–Trinajstić information content (AvgIpc) is 2.79. The maximum absolute atomic E-state index is 13.3. The Morgan fingerprint density at radius 3 is 2.18 bits per heavy atom. The molecule has 0 heterocycles. The molecular weight excluding hydrogens is 450 g/mol. The van der Waals surface area contributed by atoms with Crippen LogP contribution in [0.3, 0.4) is 0 Å². The molecule has 182 valence electrons. The summed E-state index contributed by atoms with van der Waals surface area (Å²) < 4.78 is 61.9. The van der Waals surface area contributed by atoms with E-state index in [1.165, 1.54) is 18.2 Å². The van der Waals surface area contributed by atoms with Gasteiger partial charge in [-0.15, -0.1) is 0 Å². The van der Waals surface area contributed by atoms with Gasteiger partial charge in [0, 0.05) is 24.8 Å². The Kier molecular flexibility index (Phi) is 8.39. The Bertz CT molecular complexity index is 1050. The van der Waals surface area contributed by atoms with E-state index in [1.807, 2.05) is 67.3 Å². The zero-order chi connectivity index (χ0) is 24.7. The second kappa shape index (κ2) is 11.2. The van der Waals surface area contributed by atoms with E-state index < -0.39 is 18.6 Å². The van der Waals surface area contributed by atoms with Gasteiger partial charge in [0.2, 0.25) is 0 Å². The summed E-state index contributed by atoms with van der Waals surface area (Å²) in [6.07, 6.45) is -9.20. The predicted octanol–water partition coefficient (Wildman–Crippen LogP) is 6.74. The third kappa shape index (κ3) is 7.12. The summed E-state index contributed by atoms with van der Waals surface area (Å²) >= 11 is 0. The van der Waals surface area contributed by atoms with Crippen LogP contribution in [0.25, 0.3) is 0 Å². The third-order valence-corrected chi connectivity index (χ3v) is 5.12. The maximum atomic E-state index is 13.3. The molecule has 0 bridgehead atoms. The molecule has 3 aromatic carbocycles. The van der Waals surface area contributed by atoms with Crippen LogP contribution in [0.1, 0.15) is 19.4 Å². The van der Waals surface area contributed by atoms with Crippen LogP contribution in [0.5, 0.6) is 17.2 Å². The Morgan fingerprint density at radius 2 is 1.50 bits per heavy atom. The van der Waals surface area contributed by atoms with Crippen molar-refractivity contribution in [3.63, 3.8) is 0 Å². The molecule has 8 heteroatoms. The van der Waals surface area contributed by atoms with E-state index in [2.05, 4.69) is 4.74 Å². The van der Waals surface area contributed by atoms with Crippen LogP contribution < -0.4 is 14.4 Å². The number of aliphatic hydroxyl groups is 1. The number of rotatable bonds is 11. The Balaban J connectivity index is 1.85. The number of ether oxygens (including phenoxy) is 2. The average molecular weight is 477 g/mol. The number of anilines is 1. The first kappa shape index (κ1) is 25.4. The minimum absolute atomic E-state index is 0.0225. The molecule has 0 aliphatic carbocycles. The van der Waals surface area contributed by atoms with Crippen molar-refractivity contribution in [2.45, 2.75) is 39.0 Å². The van der Waals surface area contributed by atoms with Crippen molar-refractivity contribution in [2.75, 3.05) is 11.4 Å². The van der Waals surface area contributed by atoms with Gasteiger partial charge in [0.05, 0.1) is 6.10 Å². The van der Waals surface area contributed by atoms with Gasteiger partial charge in [-0.25, -0.2) is 0 Å². The van der Waals surface area contributed by atoms with Crippen LogP contribution in [-0.2, 0) is 6.54 Å². The lowest BCUT2D eigenvalue weighted by atomic mass is 10.1. The van der Waals surface area contributed by atoms with Gasteiger partial charge in [-0.2, -0.15) is 17.6 Å². The van der Waals surface area contributed by atoms with Crippen LogP contribution in [0.2, 0.25) is 0 Å². The van der Waals surface area contributed by atoms with Gasteiger partial charge in [0.25, 0.3) is 0 Å². The number of para-hydroxylation sites is 1. The van der Waals surface area contributed by atoms with Crippen LogP contribution >= 0.6 is 0 Å². The summed E-state index contributed by atoms with van der Waals surface area (Å²) in [7, 11) is 0.